The van der Waals surface area contributed by atoms with Crippen molar-refractivity contribution in [3.8, 4) is 11.3 Å². The summed E-state index contributed by atoms with van der Waals surface area (Å²) in [6.45, 7) is 0. The molecular formula is C18H13BrN2. The first-order chi connectivity index (χ1) is 10.2. The highest BCUT2D eigenvalue weighted by molar-refractivity contribution is 9.10. The average molecular weight is 337 g/mol. The van der Waals surface area contributed by atoms with Gasteiger partial charge in [0.15, 0.2) is 0 Å². The van der Waals surface area contributed by atoms with E-state index < -0.39 is 0 Å². The number of nitrogens with zero attached hydrogens (tertiary/aromatic N) is 2. The molecule has 0 saturated heterocycles. The molecule has 2 nitrogen and oxygen atoms in total. The van der Waals surface area contributed by atoms with Gasteiger partial charge in [0.25, 0.3) is 0 Å². The molecule has 0 unspecified atom stereocenters. The summed E-state index contributed by atoms with van der Waals surface area (Å²) in [7, 11) is 2.00. The SMILES string of the molecule is Cn1nc(-c2ccc(Br)cc2)c2cc3ccccc3cc21. The van der Waals surface area contributed by atoms with Gasteiger partial charge >= 0.3 is 0 Å². The summed E-state index contributed by atoms with van der Waals surface area (Å²) in [4.78, 5) is 0. The fraction of sp³-hybridized carbons (Fsp3) is 0.0556. The Morgan fingerprint density at radius 3 is 2.29 bits per heavy atom. The highest BCUT2D eigenvalue weighted by atomic mass is 79.9. The maximum Gasteiger partial charge on any atom is 0.100 e. The van der Waals surface area contributed by atoms with Gasteiger partial charge in [-0.05, 0) is 35.0 Å². The number of fused-ring (bicyclic) bond motifs is 2. The lowest BCUT2D eigenvalue weighted by Crippen LogP contribution is -1.89. The average Bonchev–Trinajstić information content (AvgIpc) is 2.83. The van der Waals surface area contributed by atoms with Crippen molar-refractivity contribution >= 4 is 37.6 Å². The van der Waals surface area contributed by atoms with Crippen LogP contribution < -0.4 is 0 Å². The lowest BCUT2D eigenvalue weighted by atomic mass is 10.0. The number of benzene rings is 3. The number of aromatic nitrogens is 2. The molecule has 1 heterocycles. The normalized spacial score (nSPS) is 11.3. The Labute approximate surface area is 131 Å². The lowest BCUT2D eigenvalue weighted by Gasteiger charge is -2.01. The van der Waals surface area contributed by atoms with E-state index in [1.54, 1.807) is 0 Å². The summed E-state index contributed by atoms with van der Waals surface area (Å²) >= 11 is 3.48. The molecule has 4 rings (SSSR count). The zero-order chi connectivity index (χ0) is 14.4. The second-order valence-electron chi connectivity index (χ2n) is 5.20. The molecule has 0 bridgehead atoms. The van der Waals surface area contributed by atoms with Crippen LogP contribution in [-0.4, -0.2) is 9.78 Å². The molecule has 0 atom stereocenters. The van der Waals surface area contributed by atoms with Gasteiger partial charge in [0.05, 0.1) is 5.52 Å². The third-order valence-electron chi connectivity index (χ3n) is 3.84. The molecule has 0 aliphatic carbocycles. The fourth-order valence-electron chi connectivity index (χ4n) is 2.76. The third-order valence-corrected chi connectivity index (χ3v) is 4.36. The molecule has 3 aromatic carbocycles. The number of halogens is 1. The largest absolute Gasteiger partial charge is 0.267 e. The monoisotopic (exact) mass is 336 g/mol. The first-order valence-electron chi connectivity index (χ1n) is 6.84. The van der Waals surface area contributed by atoms with Crippen LogP contribution in [0.5, 0.6) is 0 Å². The van der Waals surface area contributed by atoms with Crippen molar-refractivity contribution in [2.45, 2.75) is 0 Å². The molecule has 0 amide bonds. The van der Waals surface area contributed by atoms with Crippen LogP contribution in [0.2, 0.25) is 0 Å². The van der Waals surface area contributed by atoms with Gasteiger partial charge in [-0.25, -0.2) is 0 Å². The van der Waals surface area contributed by atoms with Crippen LogP contribution in [0.25, 0.3) is 32.9 Å². The summed E-state index contributed by atoms with van der Waals surface area (Å²) in [6.07, 6.45) is 0. The van der Waals surface area contributed by atoms with Crippen molar-refractivity contribution in [1.82, 2.24) is 9.78 Å². The van der Waals surface area contributed by atoms with Gasteiger partial charge in [-0.1, -0.05) is 52.3 Å². The van der Waals surface area contributed by atoms with Crippen molar-refractivity contribution in [3.05, 3.63) is 65.1 Å². The van der Waals surface area contributed by atoms with E-state index in [-0.39, 0.29) is 0 Å². The van der Waals surface area contributed by atoms with Crippen LogP contribution in [-0.2, 0) is 7.05 Å². The third kappa shape index (κ3) is 2.05. The van der Waals surface area contributed by atoms with Crippen molar-refractivity contribution in [1.29, 1.82) is 0 Å². The molecule has 4 aromatic rings. The molecule has 0 fully saturated rings. The van der Waals surface area contributed by atoms with Gasteiger partial charge < -0.3 is 0 Å². The Kier molecular flexibility index (Phi) is 2.82. The molecule has 0 aliphatic heterocycles. The fourth-order valence-corrected chi connectivity index (χ4v) is 3.03. The molecule has 0 N–H and O–H groups in total. The smallest absolute Gasteiger partial charge is 0.100 e. The summed E-state index contributed by atoms with van der Waals surface area (Å²) < 4.78 is 3.04. The minimum Gasteiger partial charge on any atom is -0.267 e. The Bertz CT molecular complexity index is 952. The lowest BCUT2D eigenvalue weighted by molar-refractivity contribution is 0.801. The van der Waals surface area contributed by atoms with Gasteiger partial charge in [-0.15, -0.1) is 0 Å². The molecule has 3 heteroatoms. The zero-order valence-electron chi connectivity index (χ0n) is 11.5. The second kappa shape index (κ2) is 4.71. The van der Waals surface area contributed by atoms with E-state index in [9.17, 15) is 0 Å². The standard InChI is InChI=1S/C18H13BrN2/c1-21-17-11-14-5-3-2-4-13(14)10-16(17)18(20-21)12-6-8-15(19)9-7-12/h2-11H,1H3. The molecule has 0 radical (unpaired) electrons. The van der Waals surface area contributed by atoms with Crippen LogP contribution >= 0.6 is 15.9 Å². The molecule has 0 aliphatic rings. The first-order valence-corrected chi connectivity index (χ1v) is 7.63. The Morgan fingerprint density at radius 2 is 1.57 bits per heavy atom. The van der Waals surface area contributed by atoms with Gasteiger partial charge in [0, 0.05) is 22.5 Å². The quantitative estimate of drug-likeness (QED) is 0.469. The van der Waals surface area contributed by atoms with E-state index in [0.29, 0.717) is 0 Å². The predicted octanol–water partition coefficient (Wildman–Crippen LogP) is 5.16. The van der Waals surface area contributed by atoms with Crippen LogP contribution in [0.3, 0.4) is 0 Å². The highest BCUT2D eigenvalue weighted by Gasteiger charge is 2.11. The highest BCUT2D eigenvalue weighted by Crippen LogP contribution is 2.31. The first kappa shape index (κ1) is 12.6. The number of rotatable bonds is 1. The van der Waals surface area contributed by atoms with Crippen LogP contribution in [0.4, 0.5) is 0 Å². The Hall–Kier alpha value is -2.13. The number of aryl methyl sites for hydroxylation is 1. The van der Waals surface area contributed by atoms with Crippen LogP contribution in [0.1, 0.15) is 0 Å². The second-order valence-corrected chi connectivity index (χ2v) is 6.11. The van der Waals surface area contributed by atoms with Gasteiger partial charge in [0.2, 0.25) is 0 Å². The van der Waals surface area contributed by atoms with E-state index in [4.69, 9.17) is 5.10 Å². The summed E-state index contributed by atoms with van der Waals surface area (Å²) in [5, 5.41) is 8.40. The van der Waals surface area contributed by atoms with Crippen molar-refractivity contribution in [2.75, 3.05) is 0 Å². The Balaban J connectivity index is 2.05. The van der Waals surface area contributed by atoms with Crippen molar-refractivity contribution in [2.24, 2.45) is 7.05 Å². The minimum absolute atomic E-state index is 1.03. The number of hydrogen-bond donors (Lipinski definition) is 0. The molecule has 0 saturated carbocycles. The van der Waals surface area contributed by atoms with E-state index in [0.717, 1.165) is 21.2 Å². The van der Waals surface area contributed by atoms with Crippen LogP contribution in [0.15, 0.2) is 65.1 Å². The summed E-state index contributed by atoms with van der Waals surface area (Å²) in [6, 6.07) is 21.2. The van der Waals surface area contributed by atoms with E-state index in [2.05, 4.69) is 76.6 Å². The summed E-state index contributed by atoms with van der Waals surface area (Å²) in [5.74, 6) is 0. The topological polar surface area (TPSA) is 17.8 Å². The molecule has 102 valence electrons. The molecule has 0 spiro atoms. The Morgan fingerprint density at radius 1 is 0.905 bits per heavy atom. The van der Waals surface area contributed by atoms with E-state index >= 15 is 0 Å². The predicted molar refractivity (Wildman–Crippen MR) is 91.4 cm³/mol. The van der Waals surface area contributed by atoms with E-state index in [1.165, 1.54) is 16.2 Å². The molecular weight excluding hydrogens is 324 g/mol. The van der Waals surface area contributed by atoms with Gasteiger partial charge in [0.1, 0.15) is 5.69 Å². The maximum atomic E-state index is 4.71. The van der Waals surface area contributed by atoms with Crippen LogP contribution in [0, 0.1) is 0 Å². The molecule has 21 heavy (non-hydrogen) atoms. The van der Waals surface area contributed by atoms with Gasteiger partial charge in [-0.2, -0.15) is 5.10 Å². The zero-order valence-corrected chi connectivity index (χ0v) is 13.1. The summed E-state index contributed by atoms with van der Waals surface area (Å²) in [5.41, 5.74) is 3.33. The maximum absolute atomic E-state index is 4.71. The molecule has 1 aromatic heterocycles. The minimum atomic E-state index is 1.03. The van der Waals surface area contributed by atoms with Crippen molar-refractivity contribution in [3.63, 3.8) is 0 Å². The van der Waals surface area contributed by atoms with Crippen molar-refractivity contribution < 1.29 is 0 Å². The van der Waals surface area contributed by atoms with E-state index in [1.807, 2.05) is 11.7 Å². The van der Waals surface area contributed by atoms with Gasteiger partial charge in [-0.3, -0.25) is 4.68 Å². The number of hydrogen-bond acceptors (Lipinski definition) is 1.